The minimum absolute atomic E-state index is 0.0415. The lowest BCUT2D eigenvalue weighted by atomic mass is 9.99. The number of fused-ring (bicyclic) bond motifs is 1. The highest BCUT2D eigenvalue weighted by atomic mass is 16.5. The SMILES string of the molecule is Cc1ccc(CNC(=O)C2CN(c3ncnn4cc(-c5cnn(C[C@@H]6CCCCO6)c5)cc34)C2)cc1. The van der Waals surface area contributed by atoms with E-state index in [0.29, 0.717) is 19.6 Å². The molecule has 1 aromatic carbocycles. The summed E-state index contributed by atoms with van der Waals surface area (Å²) in [5.74, 6) is 0.893. The molecule has 186 valence electrons. The van der Waals surface area contributed by atoms with Crippen molar-refractivity contribution in [3.8, 4) is 11.1 Å². The van der Waals surface area contributed by atoms with Crippen LogP contribution < -0.4 is 10.2 Å². The Bertz CT molecular complexity index is 1350. The zero-order valence-corrected chi connectivity index (χ0v) is 20.5. The van der Waals surface area contributed by atoms with Crippen LogP contribution in [0, 0.1) is 12.8 Å². The number of nitrogens with zero attached hydrogens (tertiary/aromatic N) is 6. The van der Waals surface area contributed by atoms with Gasteiger partial charge in [0.25, 0.3) is 0 Å². The molecule has 2 fully saturated rings. The fraction of sp³-hybridized carbons (Fsp3) is 0.407. The smallest absolute Gasteiger partial charge is 0.226 e. The van der Waals surface area contributed by atoms with Gasteiger partial charge in [0.2, 0.25) is 5.91 Å². The highest BCUT2D eigenvalue weighted by molar-refractivity contribution is 5.84. The highest BCUT2D eigenvalue weighted by Crippen LogP contribution is 2.30. The van der Waals surface area contributed by atoms with E-state index in [9.17, 15) is 4.79 Å². The van der Waals surface area contributed by atoms with Crippen molar-refractivity contribution in [3.05, 3.63) is 66.4 Å². The fourth-order valence-corrected chi connectivity index (χ4v) is 4.95. The molecule has 0 unspecified atom stereocenters. The zero-order chi connectivity index (χ0) is 24.5. The first-order valence-corrected chi connectivity index (χ1v) is 12.7. The number of anilines is 1. The molecule has 9 nitrogen and oxygen atoms in total. The van der Waals surface area contributed by atoms with Crippen LogP contribution in [0.25, 0.3) is 16.6 Å². The number of aromatic nitrogens is 5. The maximum absolute atomic E-state index is 12.6. The van der Waals surface area contributed by atoms with Gasteiger partial charge in [-0.15, -0.1) is 0 Å². The van der Waals surface area contributed by atoms with Crippen LogP contribution in [0.2, 0.25) is 0 Å². The third kappa shape index (κ3) is 4.70. The summed E-state index contributed by atoms with van der Waals surface area (Å²) in [7, 11) is 0. The number of amides is 1. The minimum Gasteiger partial charge on any atom is -0.376 e. The van der Waals surface area contributed by atoms with E-state index >= 15 is 0 Å². The monoisotopic (exact) mass is 485 g/mol. The van der Waals surface area contributed by atoms with Crippen LogP contribution in [0.5, 0.6) is 0 Å². The van der Waals surface area contributed by atoms with Gasteiger partial charge >= 0.3 is 0 Å². The topological polar surface area (TPSA) is 89.6 Å². The van der Waals surface area contributed by atoms with E-state index in [4.69, 9.17) is 4.74 Å². The molecule has 2 saturated heterocycles. The summed E-state index contributed by atoms with van der Waals surface area (Å²) in [4.78, 5) is 19.3. The van der Waals surface area contributed by atoms with Crippen molar-refractivity contribution in [1.82, 2.24) is 29.7 Å². The maximum Gasteiger partial charge on any atom is 0.226 e. The van der Waals surface area contributed by atoms with Gasteiger partial charge in [0.15, 0.2) is 5.82 Å². The number of ether oxygens (including phenoxy) is 1. The summed E-state index contributed by atoms with van der Waals surface area (Å²) in [6.07, 6.45) is 11.2. The van der Waals surface area contributed by atoms with Crippen molar-refractivity contribution in [2.75, 3.05) is 24.6 Å². The molecule has 6 rings (SSSR count). The number of aryl methyl sites for hydroxylation is 1. The quantitative estimate of drug-likeness (QED) is 0.432. The predicted octanol–water partition coefficient (Wildman–Crippen LogP) is 3.22. The summed E-state index contributed by atoms with van der Waals surface area (Å²) in [5.41, 5.74) is 5.33. The molecule has 0 spiro atoms. The summed E-state index contributed by atoms with van der Waals surface area (Å²) >= 11 is 0. The molecule has 1 atom stereocenters. The number of hydrogen-bond donors (Lipinski definition) is 1. The molecular weight excluding hydrogens is 454 g/mol. The lowest BCUT2D eigenvalue weighted by molar-refractivity contribution is -0.125. The lowest BCUT2D eigenvalue weighted by Crippen LogP contribution is -2.54. The Balaban J connectivity index is 1.10. The van der Waals surface area contributed by atoms with Crippen molar-refractivity contribution >= 4 is 17.2 Å². The zero-order valence-electron chi connectivity index (χ0n) is 20.5. The van der Waals surface area contributed by atoms with Gasteiger partial charge < -0.3 is 15.0 Å². The van der Waals surface area contributed by atoms with Crippen molar-refractivity contribution in [1.29, 1.82) is 0 Å². The molecular formula is C27H31N7O2. The van der Waals surface area contributed by atoms with E-state index in [0.717, 1.165) is 54.0 Å². The third-order valence-corrected chi connectivity index (χ3v) is 7.16. The lowest BCUT2D eigenvalue weighted by Gasteiger charge is -2.39. The standard InChI is InChI=1S/C27H31N7O2/c1-19-5-7-20(8-6-19)11-28-27(35)23-13-32(14-23)26-25-10-21(16-34(25)31-18-29-26)22-12-30-33(15-22)17-24-4-2-3-9-36-24/h5-8,10,12,15-16,18,23-24H,2-4,9,11,13-14,17H2,1H3,(H,28,35)/t24-/m0/s1. The Labute approximate surface area is 210 Å². The summed E-state index contributed by atoms with van der Waals surface area (Å²) in [6, 6.07) is 10.3. The molecule has 36 heavy (non-hydrogen) atoms. The molecule has 3 aromatic heterocycles. The second kappa shape index (κ2) is 9.73. The predicted molar refractivity (Wildman–Crippen MR) is 137 cm³/mol. The van der Waals surface area contributed by atoms with E-state index in [1.807, 2.05) is 21.6 Å². The van der Waals surface area contributed by atoms with E-state index < -0.39 is 0 Å². The van der Waals surface area contributed by atoms with Crippen molar-refractivity contribution in [2.24, 2.45) is 5.92 Å². The van der Waals surface area contributed by atoms with Gasteiger partial charge in [0.05, 0.1) is 24.8 Å². The van der Waals surface area contributed by atoms with Crippen LogP contribution in [0.1, 0.15) is 30.4 Å². The maximum atomic E-state index is 12.6. The first kappa shape index (κ1) is 22.7. The number of hydrogen-bond acceptors (Lipinski definition) is 6. The summed E-state index contributed by atoms with van der Waals surface area (Å²) < 4.78 is 9.67. The van der Waals surface area contributed by atoms with Gasteiger partial charge in [-0.1, -0.05) is 29.8 Å². The van der Waals surface area contributed by atoms with E-state index in [2.05, 4.69) is 68.9 Å². The van der Waals surface area contributed by atoms with Crippen LogP contribution >= 0.6 is 0 Å². The van der Waals surface area contributed by atoms with Gasteiger partial charge in [0.1, 0.15) is 11.8 Å². The number of carbonyl (C=O) groups is 1. The van der Waals surface area contributed by atoms with Crippen molar-refractivity contribution in [2.45, 2.75) is 45.4 Å². The molecule has 1 amide bonds. The Kier molecular flexibility index (Phi) is 6.14. The average Bonchev–Trinajstić information content (AvgIpc) is 3.51. The molecule has 0 radical (unpaired) electrons. The van der Waals surface area contributed by atoms with Crippen LogP contribution in [-0.2, 0) is 22.6 Å². The molecule has 4 aromatic rings. The molecule has 0 aliphatic carbocycles. The number of carbonyl (C=O) groups excluding carboxylic acids is 1. The Morgan fingerprint density at radius 3 is 2.78 bits per heavy atom. The van der Waals surface area contributed by atoms with Crippen molar-refractivity contribution in [3.63, 3.8) is 0 Å². The van der Waals surface area contributed by atoms with Gasteiger partial charge in [-0.2, -0.15) is 10.2 Å². The van der Waals surface area contributed by atoms with Crippen LogP contribution in [0.3, 0.4) is 0 Å². The van der Waals surface area contributed by atoms with Gasteiger partial charge in [-0.25, -0.2) is 9.50 Å². The largest absolute Gasteiger partial charge is 0.376 e. The third-order valence-electron chi connectivity index (χ3n) is 7.16. The first-order valence-electron chi connectivity index (χ1n) is 12.7. The number of benzene rings is 1. The molecule has 1 N–H and O–H groups in total. The van der Waals surface area contributed by atoms with Crippen LogP contribution in [0.4, 0.5) is 5.82 Å². The second-order valence-electron chi connectivity index (χ2n) is 9.89. The molecule has 5 heterocycles. The van der Waals surface area contributed by atoms with Gasteiger partial charge in [0, 0.05) is 49.8 Å². The van der Waals surface area contributed by atoms with E-state index in [1.165, 1.54) is 12.0 Å². The highest BCUT2D eigenvalue weighted by Gasteiger charge is 2.34. The Hall–Kier alpha value is -3.72. The minimum atomic E-state index is -0.0415. The summed E-state index contributed by atoms with van der Waals surface area (Å²) in [5, 5.41) is 12.0. The number of nitrogens with one attached hydrogen (secondary N) is 1. The molecule has 2 aliphatic heterocycles. The molecule has 2 aliphatic rings. The molecule has 0 bridgehead atoms. The normalized spacial score (nSPS) is 18.4. The summed E-state index contributed by atoms with van der Waals surface area (Å²) in [6.45, 7) is 5.52. The van der Waals surface area contributed by atoms with Gasteiger partial charge in [-0.3, -0.25) is 9.48 Å². The Morgan fingerprint density at radius 1 is 1.11 bits per heavy atom. The Morgan fingerprint density at radius 2 is 1.97 bits per heavy atom. The van der Waals surface area contributed by atoms with Gasteiger partial charge in [-0.05, 0) is 37.8 Å². The van der Waals surface area contributed by atoms with E-state index in [-0.39, 0.29) is 17.9 Å². The van der Waals surface area contributed by atoms with E-state index in [1.54, 1.807) is 6.33 Å². The second-order valence-corrected chi connectivity index (χ2v) is 9.89. The number of rotatable bonds is 7. The fourth-order valence-electron chi connectivity index (χ4n) is 4.95. The van der Waals surface area contributed by atoms with Crippen LogP contribution in [0.15, 0.2) is 55.2 Å². The van der Waals surface area contributed by atoms with Crippen molar-refractivity contribution < 1.29 is 9.53 Å². The average molecular weight is 486 g/mol. The molecule has 0 saturated carbocycles. The molecule has 9 heteroatoms. The first-order chi connectivity index (χ1) is 17.6. The van der Waals surface area contributed by atoms with Crippen LogP contribution in [-0.4, -0.2) is 56.1 Å².